The molecule has 1 aliphatic heterocycles. The topological polar surface area (TPSA) is 63.4 Å². The van der Waals surface area contributed by atoms with Gasteiger partial charge in [0.15, 0.2) is 0 Å². The minimum atomic E-state index is -0.541. The average molecular weight is 301 g/mol. The fourth-order valence-electron chi connectivity index (χ4n) is 1.82. The number of amides is 2. The molecule has 2 N–H and O–H groups in total. The van der Waals surface area contributed by atoms with E-state index in [-0.39, 0.29) is 24.6 Å². The third kappa shape index (κ3) is 2.31. The number of nitrogens with two attached hydrogens (primary N) is 1. The SMILES string of the molecule is NC(=O)C1CC(=O)N(c2cc(Br)ccc2F)C1. The van der Waals surface area contributed by atoms with E-state index in [0.29, 0.717) is 4.47 Å². The Morgan fingerprint density at radius 1 is 1.53 bits per heavy atom. The van der Waals surface area contributed by atoms with Crippen LogP contribution in [0.2, 0.25) is 0 Å². The van der Waals surface area contributed by atoms with Crippen LogP contribution in [0.15, 0.2) is 22.7 Å². The fraction of sp³-hybridized carbons (Fsp3) is 0.273. The maximum Gasteiger partial charge on any atom is 0.227 e. The molecule has 0 saturated carbocycles. The highest BCUT2D eigenvalue weighted by Crippen LogP contribution is 2.29. The van der Waals surface area contributed by atoms with Crippen LogP contribution in [0.3, 0.4) is 0 Å². The zero-order valence-electron chi connectivity index (χ0n) is 8.82. The Bertz CT molecular complexity index is 492. The summed E-state index contributed by atoms with van der Waals surface area (Å²) in [5, 5.41) is 0. The molecule has 0 radical (unpaired) electrons. The molecule has 0 aliphatic carbocycles. The number of hydrogen-bond acceptors (Lipinski definition) is 2. The van der Waals surface area contributed by atoms with Crippen molar-refractivity contribution in [1.29, 1.82) is 0 Å². The summed E-state index contributed by atoms with van der Waals surface area (Å²) in [7, 11) is 0. The quantitative estimate of drug-likeness (QED) is 0.898. The smallest absolute Gasteiger partial charge is 0.227 e. The first-order valence-corrected chi connectivity index (χ1v) is 5.83. The number of anilines is 1. The lowest BCUT2D eigenvalue weighted by Crippen LogP contribution is -2.29. The average Bonchev–Trinajstić information content (AvgIpc) is 2.64. The largest absolute Gasteiger partial charge is 0.369 e. The summed E-state index contributed by atoms with van der Waals surface area (Å²) < 4.78 is 14.3. The number of nitrogens with zero attached hydrogens (tertiary/aromatic N) is 1. The molecule has 1 heterocycles. The van der Waals surface area contributed by atoms with Crippen molar-refractivity contribution < 1.29 is 14.0 Å². The van der Waals surface area contributed by atoms with Crippen molar-refractivity contribution in [3.8, 4) is 0 Å². The van der Waals surface area contributed by atoms with Gasteiger partial charge in [-0.25, -0.2) is 4.39 Å². The highest BCUT2D eigenvalue weighted by atomic mass is 79.9. The Labute approximate surface area is 106 Å². The van der Waals surface area contributed by atoms with Crippen LogP contribution >= 0.6 is 15.9 Å². The van der Waals surface area contributed by atoms with Gasteiger partial charge in [0, 0.05) is 17.4 Å². The van der Waals surface area contributed by atoms with Gasteiger partial charge in [0.05, 0.1) is 11.6 Å². The van der Waals surface area contributed by atoms with Gasteiger partial charge in [-0.3, -0.25) is 9.59 Å². The molecule has 4 nitrogen and oxygen atoms in total. The number of hydrogen-bond donors (Lipinski definition) is 1. The van der Waals surface area contributed by atoms with Gasteiger partial charge in [0.25, 0.3) is 0 Å². The second-order valence-corrected chi connectivity index (χ2v) is 4.82. The molecule has 1 atom stereocenters. The van der Waals surface area contributed by atoms with Crippen molar-refractivity contribution in [3.63, 3.8) is 0 Å². The predicted octanol–water partition coefficient (Wildman–Crippen LogP) is 1.43. The van der Waals surface area contributed by atoms with Crippen LogP contribution in [-0.4, -0.2) is 18.4 Å². The molecular weight excluding hydrogens is 291 g/mol. The number of benzene rings is 1. The van der Waals surface area contributed by atoms with E-state index in [4.69, 9.17) is 5.73 Å². The standard InChI is InChI=1S/C11H10BrFN2O2/c12-7-1-2-8(13)9(4-7)15-5-6(11(14)17)3-10(15)16/h1-2,4,6H,3,5H2,(H2,14,17). The molecular formula is C11H10BrFN2O2. The fourth-order valence-corrected chi connectivity index (χ4v) is 2.17. The van der Waals surface area contributed by atoms with E-state index in [1.807, 2.05) is 0 Å². The third-order valence-electron chi connectivity index (χ3n) is 2.73. The lowest BCUT2D eigenvalue weighted by Gasteiger charge is -2.17. The van der Waals surface area contributed by atoms with Crippen LogP contribution in [0.25, 0.3) is 0 Å². The Morgan fingerprint density at radius 3 is 2.82 bits per heavy atom. The molecule has 1 saturated heterocycles. The van der Waals surface area contributed by atoms with E-state index in [2.05, 4.69) is 15.9 Å². The van der Waals surface area contributed by atoms with Crippen LogP contribution in [0, 0.1) is 11.7 Å². The van der Waals surface area contributed by atoms with Gasteiger partial charge in [-0.1, -0.05) is 15.9 Å². The Balaban J connectivity index is 2.32. The van der Waals surface area contributed by atoms with E-state index in [9.17, 15) is 14.0 Å². The van der Waals surface area contributed by atoms with Gasteiger partial charge in [-0.05, 0) is 18.2 Å². The van der Waals surface area contributed by atoms with Crippen molar-refractivity contribution in [2.75, 3.05) is 11.4 Å². The molecule has 1 aliphatic rings. The third-order valence-corrected chi connectivity index (χ3v) is 3.22. The van der Waals surface area contributed by atoms with Gasteiger partial charge in [-0.2, -0.15) is 0 Å². The first kappa shape index (κ1) is 12.0. The number of carbonyl (C=O) groups excluding carboxylic acids is 2. The lowest BCUT2D eigenvalue weighted by atomic mass is 10.1. The maximum atomic E-state index is 13.6. The second kappa shape index (κ2) is 4.44. The summed E-state index contributed by atoms with van der Waals surface area (Å²) in [5.41, 5.74) is 5.32. The highest BCUT2D eigenvalue weighted by Gasteiger charge is 2.35. The summed E-state index contributed by atoms with van der Waals surface area (Å²) in [6.45, 7) is 0.140. The molecule has 0 spiro atoms. The van der Waals surface area contributed by atoms with Crippen LogP contribution < -0.4 is 10.6 Å². The van der Waals surface area contributed by atoms with Gasteiger partial charge < -0.3 is 10.6 Å². The first-order chi connectivity index (χ1) is 7.99. The molecule has 1 aromatic carbocycles. The monoisotopic (exact) mass is 300 g/mol. The van der Waals surface area contributed by atoms with E-state index in [1.54, 1.807) is 6.07 Å². The Kier molecular flexibility index (Phi) is 3.15. The summed E-state index contributed by atoms with van der Waals surface area (Å²) >= 11 is 3.21. The van der Waals surface area contributed by atoms with Crippen LogP contribution in [0.1, 0.15) is 6.42 Å². The minimum Gasteiger partial charge on any atom is -0.369 e. The maximum absolute atomic E-state index is 13.6. The Morgan fingerprint density at radius 2 is 2.24 bits per heavy atom. The molecule has 90 valence electrons. The zero-order chi connectivity index (χ0) is 12.6. The highest BCUT2D eigenvalue weighted by molar-refractivity contribution is 9.10. The molecule has 2 amide bonds. The Hall–Kier alpha value is -1.43. The number of rotatable bonds is 2. The molecule has 1 aromatic rings. The lowest BCUT2D eigenvalue weighted by molar-refractivity contribution is -0.123. The zero-order valence-corrected chi connectivity index (χ0v) is 10.4. The van der Waals surface area contributed by atoms with Crippen molar-refractivity contribution >= 4 is 33.4 Å². The van der Waals surface area contributed by atoms with Crippen molar-refractivity contribution in [2.24, 2.45) is 11.7 Å². The van der Waals surface area contributed by atoms with E-state index >= 15 is 0 Å². The van der Waals surface area contributed by atoms with Crippen molar-refractivity contribution in [3.05, 3.63) is 28.5 Å². The van der Waals surface area contributed by atoms with Gasteiger partial charge in [0.1, 0.15) is 5.82 Å². The van der Waals surface area contributed by atoms with Gasteiger partial charge in [-0.15, -0.1) is 0 Å². The summed E-state index contributed by atoms with van der Waals surface area (Å²) in [6.07, 6.45) is 0.0429. The number of halogens is 2. The van der Waals surface area contributed by atoms with Crippen LogP contribution in [0.5, 0.6) is 0 Å². The molecule has 0 aromatic heterocycles. The predicted molar refractivity (Wildman–Crippen MR) is 63.8 cm³/mol. The molecule has 2 rings (SSSR count). The number of carbonyl (C=O) groups is 2. The summed E-state index contributed by atoms with van der Waals surface area (Å²) in [5.74, 6) is -1.85. The van der Waals surface area contributed by atoms with Gasteiger partial charge >= 0.3 is 0 Å². The molecule has 6 heteroatoms. The molecule has 1 fully saturated rings. The first-order valence-electron chi connectivity index (χ1n) is 5.04. The molecule has 17 heavy (non-hydrogen) atoms. The molecule has 0 bridgehead atoms. The number of primary amides is 1. The van der Waals surface area contributed by atoms with Crippen LogP contribution in [0.4, 0.5) is 10.1 Å². The van der Waals surface area contributed by atoms with Crippen molar-refractivity contribution in [2.45, 2.75) is 6.42 Å². The van der Waals surface area contributed by atoms with E-state index < -0.39 is 17.6 Å². The van der Waals surface area contributed by atoms with E-state index in [0.717, 1.165) is 0 Å². The second-order valence-electron chi connectivity index (χ2n) is 3.90. The molecule has 1 unspecified atom stereocenters. The van der Waals surface area contributed by atoms with E-state index in [1.165, 1.54) is 17.0 Å². The minimum absolute atomic E-state index is 0.0429. The van der Waals surface area contributed by atoms with Crippen molar-refractivity contribution in [1.82, 2.24) is 0 Å². The summed E-state index contributed by atoms with van der Waals surface area (Å²) in [6, 6.07) is 4.33. The van der Waals surface area contributed by atoms with Crippen LogP contribution in [-0.2, 0) is 9.59 Å². The normalized spacial score (nSPS) is 19.8. The summed E-state index contributed by atoms with van der Waals surface area (Å²) in [4.78, 5) is 24.0. The van der Waals surface area contributed by atoms with Gasteiger partial charge in [0.2, 0.25) is 11.8 Å².